The van der Waals surface area contributed by atoms with E-state index in [1.807, 2.05) is 38.1 Å². The smallest absolute Gasteiger partial charge is 0.169 e. The average molecular weight is 343 g/mol. The van der Waals surface area contributed by atoms with E-state index in [1.54, 1.807) is 0 Å². The predicted octanol–water partition coefficient (Wildman–Crippen LogP) is 5.10. The van der Waals surface area contributed by atoms with Gasteiger partial charge in [0, 0.05) is 16.9 Å². The lowest BCUT2D eigenvalue weighted by Gasteiger charge is -2.22. The van der Waals surface area contributed by atoms with Crippen molar-refractivity contribution >= 4 is 23.2 Å². The van der Waals surface area contributed by atoms with Crippen LogP contribution in [0.2, 0.25) is 5.02 Å². The summed E-state index contributed by atoms with van der Waals surface area (Å²) in [6, 6.07) is 7.76. The molecule has 0 amide bonds. The number of Topliss-reactive ketones (excluding diaryl/α,β-unsaturated/α-hetero) is 2. The Hall–Kier alpha value is -1.67. The lowest BCUT2D eigenvalue weighted by molar-refractivity contribution is -0.127. The van der Waals surface area contributed by atoms with Crippen molar-refractivity contribution in [1.82, 2.24) is 0 Å². The molecule has 0 heterocycles. The van der Waals surface area contributed by atoms with E-state index in [2.05, 4.69) is 6.08 Å². The van der Waals surface area contributed by atoms with Crippen LogP contribution in [0.25, 0.3) is 0 Å². The molecule has 2 saturated carbocycles. The Morgan fingerprint density at radius 3 is 2.25 bits per heavy atom. The van der Waals surface area contributed by atoms with E-state index in [0.29, 0.717) is 5.57 Å². The van der Waals surface area contributed by atoms with Gasteiger partial charge in [0.2, 0.25) is 0 Å². The highest BCUT2D eigenvalue weighted by Crippen LogP contribution is 2.42. The number of benzene rings is 1. The third kappa shape index (κ3) is 3.25. The summed E-state index contributed by atoms with van der Waals surface area (Å²) in [7, 11) is 0. The minimum absolute atomic E-state index is 0.0771. The fraction of sp³-hybridized carbons (Fsp3) is 0.429. The molecule has 2 fully saturated rings. The molecule has 0 saturated heterocycles. The molecule has 1 aromatic rings. The van der Waals surface area contributed by atoms with Crippen molar-refractivity contribution in [3.63, 3.8) is 0 Å². The van der Waals surface area contributed by atoms with Crippen LogP contribution in [0.4, 0.5) is 0 Å². The van der Waals surface area contributed by atoms with Crippen LogP contribution in [0.1, 0.15) is 45.1 Å². The number of hydrogen-bond donors (Lipinski definition) is 0. The number of ketones is 2. The molecule has 0 aromatic heterocycles. The highest BCUT2D eigenvalue weighted by molar-refractivity contribution is 6.30. The summed E-state index contributed by atoms with van der Waals surface area (Å²) in [6.07, 6.45) is 6.13. The van der Waals surface area contributed by atoms with Gasteiger partial charge in [-0.2, -0.15) is 0 Å². The zero-order valence-corrected chi connectivity index (χ0v) is 15.0. The Labute approximate surface area is 148 Å². The van der Waals surface area contributed by atoms with Gasteiger partial charge in [-0.25, -0.2) is 0 Å². The maximum absolute atomic E-state index is 12.7. The first kappa shape index (κ1) is 17.2. The maximum Gasteiger partial charge on any atom is 0.169 e. The molecule has 1 aromatic carbocycles. The van der Waals surface area contributed by atoms with Crippen LogP contribution in [-0.2, 0) is 16.0 Å². The van der Waals surface area contributed by atoms with Gasteiger partial charge in [0.05, 0.1) is 5.57 Å². The molecule has 126 valence electrons. The van der Waals surface area contributed by atoms with Crippen LogP contribution >= 0.6 is 11.6 Å². The summed E-state index contributed by atoms with van der Waals surface area (Å²) in [5.74, 6) is 0.330. The Balaban J connectivity index is 1.89. The molecule has 2 nitrogen and oxygen atoms in total. The Morgan fingerprint density at radius 1 is 1.12 bits per heavy atom. The molecule has 0 aliphatic heterocycles. The van der Waals surface area contributed by atoms with Gasteiger partial charge in [0.15, 0.2) is 11.6 Å². The molecule has 2 bridgehead atoms. The number of fused-ring (bicyclic) bond motifs is 2. The molecular weight excluding hydrogens is 320 g/mol. The van der Waals surface area contributed by atoms with Gasteiger partial charge >= 0.3 is 0 Å². The second-order valence-corrected chi connectivity index (χ2v) is 7.30. The van der Waals surface area contributed by atoms with Crippen molar-refractivity contribution < 1.29 is 9.59 Å². The average Bonchev–Trinajstić information content (AvgIpc) is 3.03. The summed E-state index contributed by atoms with van der Waals surface area (Å²) < 4.78 is 0. The van der Waals surface area contributed by atoms with E-state index in [1.165, 1.54) is 5.56 Å². The first-order chi connectivity index (χ1) is 11.5. The third-order valence-corrected chi connectivity index (χ3v) is 5.61. The quantitative estimate of drug-likeness (QED) is 0.563. The third-order valence-electron chi connectivity index (χ3n) is 5.36. The summed E-state index contributed by atoms with van der Waals surface area (Å²) in [5.41, 5.74) is 3.66. The Kier molecular flexibility index (Phi) is 5.05. The van der Waals surface area contributed by atoms with E-state index >= 15 is 0 Å². The maximum atomic E-state index is 12.7. The molecule has 2 unspecified atom stereocenters. The first-order valence-corrected chi connectivity index (χ1v) is 9.12. The van der Waals surface area contributed by atoms with Gasteiger partial charge in [-0.3, -0.25) is 9.59 Å². The van der Waals surface area contributed by atoms with Gasteiger partial charge < -0.3 is 0 Å². The molecule has 3 heteroatoms. The van der Waals surface area contributed by atoms with Crippen molar-refractivity contribution in [2.24, 2.45) is 11.8 Å². The summed E-state index contributed by atoms with van der Waals surface area (Å²) in [4.78, 5) is 25.4. The minimum Gasteiger partial charge on any atom is -0.294 e. The number of carbonyl (C=O) groups is 2. The van der Waals surface area contributed by atoms with Crippen LogP contribution in [0, 0.1) is 11.8 Å². The van der Waals surface area contributed by atoms with Crippen molar-refractivity contribution in [2.75, 3.05) is 0 Å². The van der Waals surface area contributed by atoms with Crippen molar-refractivity contribution in [2.45, 2.75) is 46.0 Å². The van der Waals surface area contributed by atoms with Crippen molar-refractivity contribution in [3.8, 4) is 0 Å². The standard InChI is InChI=1S/C21H23ClO2/c1-3-18(13(2)4-5-14-6-10-17(22)11-7-14)19-20(23)15-8-9-16(12-15)21(19)24/h4,6-7,10-11,15-16H,3,5,8-9,12H2,1-2H3. The van der Waals surface area contributed by atoms with Crippen LogP contribution in [0.3, 0.4) is 0 Å². The zero-order valence-electron chi connectivity index (χ0n) is 14.3. The minimum atomic E-state index is 0.0771. The van der Waals surface area contributed by atoms with Gasteiger partial charge in [-0.15, -0.1) is 0 Å². The van der Waals surface area contributed by atoms with E-state index in [4.69, 9.17) is 11.6 Å². The molecule has 3 rings (SSSR count). The Morgan fingerprint density at radius 2 is 1.71 bits per heavy atom. The number of hydrogen-bond acceptors (Lipinski definition) is 2. The number of allylic oxidation sites excluding steroid dienone is 4. The SMILES string of the molecule is CCC(C(C)=CCc1ccc(Cl)cc1)=C1C(=O)C2CCC(C2)C1=O. The summed E-state index contributed by atoms with van der Waals surface area (Å²) in [6.45, 7) is 4.04. The lowest BCUT2D eigenvalue weighted by atomic mass is 9.79. The van der Waals surface area contributed by atoms with Crippen LogP contribution in [-0.4, -0.2) is 11.6 Å². The fourth-order valence-corrected chi connectivity index (χ4v) is 4.08. The largest absolute Gasteiger partial charge is 0.294 e. The summed E-state index contributed by atoms with van der Waals surface area (Å²) in [5, 5.41) is 0.727. The topological polar surface area (TPSA) is 34.1 Å². The van der Waals surface area contributed by atoms with E-state index < -0.39 is 0 Å². The van der Waals surface area contributed by atoms with E-state index in [0.717, 1.165) is 48.3 Å². The Bertz CT molecular complexity index is 701. The molecular formula is C21H23ClO2. The number of carbonyl (C=O) groups excluding carboxylic acids is 2. The summed E-state index contributed by atoms with van der Waals surface area (Å²) >= 11 is 5.92. The molecule has 0 radical (unpaired) electrons. The monoisotopic (exact) mass is 342 g/mol. The molecule has 2 atom stereocenters. The van der Waals surface area contributed by atoms with Crippen LogP contribution in [0.5, 0.6) is 0 Å². The normalized spacial score (nSPS) is 23.8. The van der Waals surface area contributed by atoms with Crippen molar-refractivity contribution in [1.29, 1.82) is 0 Å². The van der Waals surface area contributed by atoms with E-state index in [-0.39, 0.29) is 23.4 Å². The van der Waals surface area contributed by atoms with Crippen LogP contribution < -0.4 is 0 Å². The molecule has 0 N–H and O–H groups in total. The van der Waals surface area contributed by atoms with E-state index in [9.17, 15) is 9.59 Å². The molecule has 2 aliphatic carbocycles. The van der Waals surface area contributed by atoms with Gasteiger partial charge in [0.25, 0.3) is 0 Å². The second-order valence-electron chi connectivity index (χ2n) is 6.86. The molecule has 0 spiro atoms. The van der Waals surface area contributed by atoms with Gasteiger partial charge in [-0.05, 0) is 62.3 Å². The van der Waals surface area contributed by atoms with Gasteiger partial charge in [0.1, 0.15) is 0 Å². The number of rotatable bonds is 4. The van der Waals surface area contributed by atoms with Crippen molar-refractivity contribution in [3.05, 3.63) is 57.6 Å². The van der Waals surface area contributed by atoms with Crippen LogP contribution in [0.15, 0.2) is 47.1 Å². The highest BCUT2D eigenvalue weighted by atomic mass is 35.5. The fourth-order valence-electron chi connectivity index (χ4n) is 3.95. The first-order valence-electron chi connectivity index (χ1n) is 8.74. The van der Waals surface area contributed by atoms with Gasteiger partial charge in [-0.1, -0.05) is 42.3 Å². The highest BCUT2D eigenvalue weighted by Gasteiger charge is 2.44. The lowest BCUT2D eigenvalue weighted by Crippen LogP contribution is -2.30. The zero-order chi connectivity index (χ0) is 17.3. The molecule has 2 aliphatic rings. The number of halogens is 1. The molecule has 24 heavy (non-hydrogen) atoms. The predicted molar refractivity (Wildman–Crippen MR) is 97.1 cm³/mol. The second kappa shape index (κ2) is 7.06.